The zero-order valence-corrected chi connectivity index (χ0v) is 26.0. The molecule has 1 aliphatic carbocycles. The van der Waals surface area contributed by atoms with Gasteiger partial charge in [-0.05, 0) is 0 Å². The SMILES string of the molecule is ClP(Cc1cn(-c2ccccc2)nc1-c1ccc2c3c(cccc13)CC2)(c1ccccc1)(c1ccccc1)c1ccccc1. The van der Waals surface area contributed by atoms with Crippen molar-refractivity contribution in [1.29, 1.82) is 0 Å². The number of aromatic nitrogens is 2. The quantitative estimate of drug-likeness (QED) is 0.166. The topological polar surface area (TPSA) is 17.8 Å². The summed E-state index contributed by atoms with van der Waals surface area (Å²) < 4.78 is 2.03. The average Bonchev–Trinajstić information content (AvgIpc) is 3.72. The third kappa shape index (κ3) is 4.17. The van der Waals surface area contributed by atoms with Crippen molar-refractivity contribution < 1.29 is 0 Å². The summed E-state index contributed by atoms with van der Waals surface area (Å²) in [7, 11) is 0. The first-order valence-electron chi connectivity index (χ1n) is 15.2. The van der Waals surface area contributed by atoms with E-state index in [4.69, 9.17) is 16.3 Å². The van der Waals surface area contributed by atoms with Crippen molar-refractivity contribution in [3.63, 3.8) is 0 Å². The molecule has 8 rings (SSSR count). The summed E-state index contributed by atoms with van der Waals surface area (Å²) in [5.74, 6) is -3.61. The van der Waals surface area contributed by atoms with E-state index in [9.17, 15) is 0 Å². The van der Waals surface area contributed by atoms with Gasteiger partial charge < -0.3 is 0 Å². The zero-order valence-electron chi connectivity index (χ0n) is 24.4. The van der Waals surface area contributed by atoms with Crippen LogP contribution in [0.25, 0.3) is 27.7 Å². The van der Waals surface area contributed by atoms with Gasteiger partial charge in [-0.2, -0.15) is 0 Å². The van der Waals surface area contributed by atoms with Crippen LogP contribution >= 0.6 is 17.2 Å². The van der Waals surface area contributed by atoms with Crippen molar-refractivity contribution in [2.45, 2.75) is 19.0 Å². The van der Waals surface area contributed by atoms with Crippen LogP contribution in [0, 0.1) is 0 Å². The van der Waals surface area contributed by atoms with Gasteiger partial charge in [0.1, 0.15) is 0 Å². The van der Waals surface area contributed by atoms with Crippen LogP contribution in [0.5, 0.6) is 0 Å². The van der Waals surface area contributed by atoms with E-state index in [0.717, 1.165) is 51.3 Å². The molecule has 214 valence electrons. The van der Waals surface area contributed by atoms with Gasteiger partial charge in [0.25, 0.3) is 0 Å². The average molecular weight is 607 g/mol. The third-order valence-corrected chi connectivity index (χ3v) is 16.5. The standard InChI is InChI=1S/C40H32ClN2P/c41-44(34-17-7-2-8-18-34,35-19-9-3-10-20-35,36-21-11-4-12-22-36)29-32-28-43(33-15-5-1-6-16-33)42-40(32)38-27-26-31-25-24-30-14-13-23-37(38)39(30)31/h1-23,26-28H,24-25,29H2. The number of aryl methyl sites for hydroxylation is 2. The van der Waals surface area contributed by atoms with E-state index >= 15 is 0 Å². The Balaban J connectivity index is 1.45. The molecule has 1 heterocycles. The van der Waals surface area contributed by atoms with Crippen LogP contribution in [0.1, 0.15) is 16.7 Å². The Kier molecular flexibility index (Phi) is 6.52. The molecule has 7 aromatic rings. The van der Waals surface area contributed by atoms with Gasteiger partial charge in [-0.3, -0.25) is 0 Å². The van der Waals surface area contributed by atoms with Gasteiger partial charge in [-0.25, -0.2) is 0 Å². The second kappa shape index (κ2) is 10.6. The Hall–Kier alpha value is -4.49. The molecular weight excluding hydrogens is 575 g/mol. The van der Waals surface area contributed by atoms with Gasteiger partial charge in [-0.15, -0.1) is 0 Å². The van der Waals surface area contributed by atoms with E-state index in [1.54, 1.807) is 0 Å². The first-order chi connectivity index (χ1) is 21.6. The molecule has 0 saturated heterocycles. The molecule has 0 saturated carbocycles. The molecule has 0 atom stereocenters. The number of hydrogen-bond acceptors (Lipinski definition) is 1. The summed E-state index contributed by atoms with van der Waals surface area (Å²) in [6.45, 7) is 0. The minimum absolute atomic E-state index is 0.621. The first-order valence-corrected chi connectivity index (χ1v) is 18.5. The van der Waals surface area contributed by atoms with E-state index in [1.165, 1.54) is 21.9 Å². The number of rotatable bonds is 7. The third-order valence-electron chi connectivity index (χ3n) is 9.29. The molecule has 2 nitrogen and oxygen atoms in total. The molecule has 6 aromatic carbocycles. The monoisotopic (exact) mass is 606 g/mol. The fourth-order valence-electron chi connectivity index (χ4n) is 7.18. The van der Waals surface area contributed by atoms with Crippen LogP contribution in [0.15, 0.2) is 158 Å². The molecule has 0 N–H and O–H groups in total. The zero-order chi connectivity index (χ0) is 29.6. The molecule has 0 fully saturated rings. The number of halogens is 1. The first kappa shape index (κ1) is 27.1. The Labute approximate surface area is 263 Å². The maximum atomic E-state index is 8.60. The van der Waals surface area contributed by atoms with Crippen molar-refractivity contribution in [2.24, 2.45) is 0 Å². The predicted octanol–water partition coefficient (Wildman–Crippen LogP) is 8.97. The van der Waals surface area contributed by atoms with Crippen LogP contribution in [-0.4, -0.2) is 9.78 Å². The van der Waals surface area contributed by atoms with Gasteiger partial charge in [0.15, 0.2) is 0 Å². The Morgan fingerprint density at radius 3 is 1.66 bits per heavy atom. The van der Waals surface area contributed by atoms with Crippen molar-refractivity contribution in [3.05, 3.63) is 175 Å². The number of nitrogens with zero attached hydrogens (tertiary/aromatic N) is 2. The fourth-order valence-corrected chi connectivity index (χ4v) is 13.3. The van der Waals surface area contributed by atoms with Crippen molar-refractivity contribution in [3.8, 4) is 16.9 Å². The normalized spacial score (nSPS) is 13.5. The van der Waals surface area contributed by atoms with E-state index in [-0.39, 0.29) is 0 Å². The fraction of sp³-hybridized carbons (Fsp3) is 0.0750. The molecule has 0 bridgehead atoms. The molecule has 1 aliphatic rings. The van der Waals surface area contributed by atoms with Crippen LogP contribution < -0.4 is 15.9 Å². The van der Waals surface area contributed by atoms with Gasteiger partial charge in [-0.1, -0.05) is 0 Å². The molecule has 0 spiro atoms. The molecule has 0 aliphatic heterocycles. The Morgan fingerprint density at radius 1 is 0.568 bits per heavy atom. The van der Waals surface area contributed by atoms with Crippen LogP contribution in [0.3, 0.4) is 0 Å². The number of para-hydroxylation sites is 1. The van der Waals surface area contributed by atoms with Gasteiger partial charge in [0, 0.05) is 0 Å². The minimum atomic E-state index is -3.61. The second-order valence-corrected chi connectivity index (χ2v) is 18.2. The second-order valence-electron chi connectivity index (χ2n) is 11.7. The Morgan fingerprint density at radius 2 is 1.09 bits per heavy atom. The summed E-state index contributed by atoms with van der Waals surface area (Å²) in [6, 6.07) is 53.9. The summed E-state index contributed by atoms with van der Waals surface area (Å²) >= 11 is 8.60. The molecule has 44 heavy (non-hydrogen) atoms. The van der Waals surface area contributed by atoms with Crippen LogP contribution in [0.4, 0.5) is 0 Å². The van der Waals surface area contributed by atoms with Crippen molar-refractivity contribution in [1.82, 2.24) is 9.78 Å². The molecule has 0 unspecified atom stereocenters. The molecular formula is C40H32ClN2P. The van der Waals surface area contributed by atoms with Crippen LogP contribution in [0.2, 0.25) is 0 Å². The van der Waals surface area contributed by atoms with E-state index in [0.29, 0.717) is 6.16 Å². The van der Waals surface area contributed by atoms with E-state index in [1.807, 2.05) is 10.7 Å². The van der Waals surface area contributed by atoms with Gasteiger partial charge in [0.2, 0.25) is 0 Å². The summed E-state index contributed by atoms with van der Waals surface area (Å²) in [5.41, 5.74) is 7.17. The van der Waals surface area contributed by atoms with E-state index in [2.05, 4.69) is 152 Å². The van der Waals surface area contributed by atoms with Crippen molar-refractivity contribution >= 4 is 43.9 Å². The summed E-state index contributed by atoms with van der Waals surface area (Å²) in [6.07, 6.45) is 5.02. The molecule has 0 radical (unpaired) electrons. The maximum absolute atomic E-state index is 8.60. The summed E-state index contributed by atoms with van der Waals surface area (Å²) in [4.78, 5) is 0. The van der Waals surface area contributed by atoms with Crippen LogP contribution in [-0.2, 0) is 19.0 Å². The number of benzene rings is 6. The molecule has 0 amide bonds. The van der Waals surface area contributed by atoms with Gasteiger partial charge >= 0.3 is 264 Å². The Bertz CT molecular complexity index is 2000. The van der Waals surface area contributed by atoms with Crippen molar-refractivity contribution in [2.75, 3.05) is 0 Å². The van der Waals surface area contributed by atoms with E-state index < -0.39 is 5.96 Å². The van der Waals surface area contributed by atoms with Gasteiger partial charge in [0.05, 0.1) is 0 Å². The summed E-state index contributed by atoms with van der Waals surface area (Å²) in [5, 5.41) is 11.5. The molecule has 1 aromatic heterocycles. The predicted molar refractivity (Wildman–Crippen MR) is 189 cm³/mol. The molecule has 4 heteroatoms. The number of hydrogen-bond donors (Lipinski definition) is 0.